The molecule has 0 saturated carbocycles. The molecule has 0 saturated heterocycles. The Balaban J connectivity index is 1.32. The minimum Gasteiger partial charge on any atom is -0.309 e. The van der Waals surface area contributed by atoms with E-state index in [0.717, 1.165) is 5.69 Å². The molecular formula is C48H37NS. The molecule has 2 heteroatoms. The number of thiophene rings is 1. The van der Waals surface area contributed by atoms with Gasteiger partial charge in [0.05, 0.1) is 5.69 Å². The van der Waals surface area contributed by atoms with Crippen molar-refractivity contribution >= 4 is 48.6 Å². The first-order valence-electron chi connectivity index (χ1n) is 17.6. The lowest BCUT2D eigenvalue weighted by Gasteiger charge is -2.31. The summed E-state index contributed by atoms with van der Waals surface area (Å²) in [5.41, 5.74) is 16.8. The molecular weight excluding hydrogens is 623 g/mol. The lowest BCUT2D eigenvalue weighted by molar-refractivity contribution is 0.660. The topological polar surface area (TPSA) is 3.24 Å². The van der Waals surface area contributed by atoms with E-state index in [1.54, 1.807) is 0 Å². The van der Waals surface area contributed by atoms with Crippen LogP contribution in [0.1, 0.15) is 49.9 Å². The number of fused-ring (bicyclic) bond motifs is 9. The summed E-state index contributed by atoms with van der Waals surface area (Å²) in [6, 6.07) is 56.5. The van der Waals surface area contributed by atoms with E-state index < -0.39 is 0 Å². The molecule has 0 spiro atoms. The monoisotopic (exact) mass is 659 g/mol. The summed E-state index contributed by atoms with van der Waals surface area (Å²) in [6.07, 6.45) is 0. The third kappa shape index (κ3) is 4.06. The fourth-order valence-electron chi connectivity index (χ4n) is 8.92. The maximum Gasteiger partial charge on any atom is 0.0636 e. The average Bonchev–Trinajstić information content (AvgIpc) is 3.71. The van der Waals surface area contributed by atoms with Crippen LogP contribution in [0.2, 0.25) is 0 Å². The van der Waals surface area contributed by atoms with Crippen LogP contribution < -0.4 is 4.90 Å². The Morgan fingerprint density at radius 1 is 0.440 bits per heavy atom. The third-order valence-corrected chi connectivity index (χ3v) is 12.5. The molecule has 2 aliphatic carbocycles. The smallest absolute Gasteiger partial charge is 0.0636 e. The molecule has 10 rings (SSSR count). The largest absolute Gasteiger partial charge is 0.309 e. The number of hydrogen-bond donors (Lipinski definition) is 0. The number of rotatable bonds is 4. The second-order valence-electron chi connectivity index (χ2n) is 14.9. The summed E-state index contributed by atoms with van der Waals surface area (Å²) in [6.45, 7) is 9.55. The van der Waals surface area contributed by atoms with E-state index in [4.69, 9.17) is 0 Å². The van der Waals surface area contributed by atoms with Crippen molar-refractivity contribution in [1.82, 2.24) is 0 Å². The fraction of sp³-hybridized carbons (Fsp3) is 0.125. The zero-order chi connectivity index (χ0) is 33.8. The van der Waals surface area contributed by atoms with Crippen molar-refractivity contribution in [3.63, 3.8) is 0 Å². The van der Waals surface area contributed by atoms with Crippen LogP contribution in [0, 0.1) is 0 Å². The van der Waals surface area contributed by atoms with Gasteiger partial charge in [-0.1, -0.05) is 143 Å². The Morgan fingerprint density at radius 2 is 1.06 bits per heavy atom. The van der Waals surface area contributed by atoms with E-state index in [1.807, 2.05) is 11.3 Å². The molecule has 8 aromatic rings. The molecule has 0 atom stereocenters. The summed E-state index contributed by atoms with van der Waals surface area (Å²) in [4.78, 5) is 2.57. The fourth-order valence-corrected chi connectivity index (χ4v) is 10.1. The highest BCUT2D eigenvalue weighted by molar-refractivity contribution is 7.26. The number of anilines is 3. The summed E-state index contributed by atoms with van der Waals surface area (Å²) < 4.78 is 2.64. The Hall–Kier alpha value is -5.44. The maximum absolute atomic E-state index is 2.57. The SMILES string of the molecule is CC1(C)c2ccccc2-c2ccc(N(c3ccccc3)c3c4c(cc5sc6cc(-c7ccccc7)ccc6c35)C(C)(C)c3ccccc3-4)cc21. The molecule has 1 heterocycles. The van der Waals surface area contributed by atoms with Crippen LogP contribution in [-0.2, 0) is 10.8 Å². The molecule has 0 fully saturated rings. The van der Waals surface area contributed by atoms with Crippen molar-refractivity contribution < 1.29 is 0 Å². The van der Waals surface area contributed by atoms with Crippen LogP contribution in [0.3, 0.4) is 0 Å². The molecule has 0 amide bonds. The van der Waals surface area contributed by atoms with Crippen LogP contribution >= 0.6 is 11.3 Å². The molecule has 1 nitrogen and oxygen atoms in total. The van der Waals surface area contributed by atoms with Gasteiger partial charge in [-0.15, -0.1) is 11.3 Å². The lowest BCUT2D eigenvalue weighted by atomic mass is 9.82. The quantitative estimate of drug-likeness (QED) is 0.182. The van der Waals surface area contributed by atoms with E-state index in [0.29, 0.717) is 0 Å². The molecule has 240 valence electrons. The van der Waals surface area contributed by atoms with Gasteiger partial charge in [-0.2, -0.15) is 0 Å². The van der Waals surface area contributed by atoms with Gasteiger partial charge < -0.3 is 4.90 Å². The average molecular weight is 660 g/mol. The number of para-hydroxylation sites is 1. The van der Waals surface area contributed by atoms with Crippen LogP contribution in [0.5, 0.6) is 0 Å². The van der Waals surface area contributed by atoms with Crippen molar-refractivity contribution in [3.8, 4) is 33.4 Å². The second-order valence-corrected chi connectivity index (χ2v) is 16.0. The molecule has 0 radical (unpaired) electrons. The van der Waals surface area contributed by atoms with Gasteiger partial charge in [-0.3, -0.25) is 0 Å². The number of nitrogens with zero attached hydrogens (tertiary/aromatic N) is 1. The predicted octanol–water partition coefficient (Wildman–Crippen LogP) is 13.8. The van der Waals surface area contributed by atoms with Gasteiger partial charge in [0, 0.05) is 47.9 Å². The third-order valence-electron chi connectivity index (χ3n) is 11.4. The standard InChI is InChI=1S/C48H37NS/c1-47(2)38-21-13-11-19-34(38)35-26-24-33(28-40(35)47)49(32-17-9-6-10-18-32)46-44-36-20-12-14-22-39(36)48(3,4)41(44)29-43-45(46)37-25-23-31(27-42(37)50-43)30-15-7-5-8-16-30/h5-29H,1-4H3. The lowest BCUT2D eigenvalue weighted by Crippen LogP contribution is -2.18. The minimum absolute atomic E-state index is 0.101. The Kier molecular flexibility index (Phi) is 6.21. The van der Waals surface area contributed by atoms with Gasteiger partial charge in [-0.25, -0.2) is 0 Å². The summed E-state index contributed by atoms with van der Waals surface area (Å²) in [7, 11) is 0. The van der Waals surface area contributed by atoms with Crippen molar-refractivity contribution in [2.75, 3.05) is 4.90 Å². The van der Waals surface area contributed by atoms with Crippen molar-refractivity contribution in [3.05, 3.63) is 174 Å². The Bertz CT molecular complexity index is 2640. The first kappa shape index (κ1) is 29.5. The second kappa shape index (κ2) is 10.5. The predicted molar refractivity (Wildman–Crippen MR) is 215 cm³/mol. The Morgan fingerprint density at radius 3 is 1.82 bits per heavy atom. The first-order chi connectivity index (χ1) is 24.3. The molecule has 50 heavy (non-hydrogen) atoms. The zero-order valence-corrected chi connectivity index (χ0v) is 29.6. The van der Waals surface area contributed by atoms with Crippen LogP contribution in [-0.4, -0.2) is 0 Å². The molecule has 2 aliphatic rings. The summed E-state index contributed by atoms with van der Waals surface area (Å²) in [5.74, 6) is 0. The van der Waals surface area contributed by atoms with Crippen LogP contribution in [0.4, 0.5) is 17.1 Å². The normalized spacial score (nSPS) is 14.7. The van der Waals surface area contributed by atoms with Gasteiger partial charge in [-0.05, 0) is 86.5 Å². The Labute approximate surface area is 298 Å². The van der Waals surface area contributed by atoms with Crippen LogP contribution in [0.15, 0.2) is 152 Å². The minimum atomic E-state index is -0.135. The van der Waals surface area contributed by atoms with Gasteiger partial charge in [0.1, 0.15) is 0 Å². The van der Waals surface area contributed by atoms with E-state index >= 15 is 0 Å². The summed E-state index contributed by atoms with van der Waals surface area (Å²) in [5, 5.41) is 2.63. The van der Waals surface area contributed by atoms with Crippen LogP contribution in [0.25, 0.3) is 53.6 Å². The highest BCUT2D eigenvalue weighted by Crippen LogP contribution is 2.59. The first-order valence-corrected chi connectivity index (χ1v) is 18.4. The summed E-state index contributed by atoms with van der Waals surface area (Å²) >= 11 is 1.92. The molecule has 0 aliphatic heterocycles. The van der Waals surface area contributed by atoms with E-state index in [-0.39, 0.29) is 10.8 Å². The van der Waals surface area contributed by atoms with Crippen molar-refractivity contribution in [2.45, 2.75) is 38.5 Å². The molecule has 1 aromatic heterocycles. The van der Waals surface area contributed by atoms with E-state index in [2.05, 4.69) is 184 Å². The zero-order valence-electron chi connectivity index (χ0n) is 28.8. The number of benzene rings is 7. The highest BCUT2D eigenvalue weighted by Gasteiger charge is 2.40. The van der Waals surface area contributed by atoms with Gasteiger partial charge in [0.15, 0.2) is 0 Å². The number of hydrogen-bond acceptors (Lipinski definition) is 2. The van der Waals surface area contributed by atoms with Gasteiger partial charge in [0.25, 0.3) is 0 Å². The van der Waals surface area contributed by atoms with E-state index in [1.165, 1.54) is 87.2 Å². The van der Waals surface area contributed by atoms with Crippen molar-refractivity contribution in [1.29, 1.82) is 0 Å². The van der Waals surface area contributed by atoms with Gasteiger partial charge in [0.2, 0.25) is 0 Å². The maximum atomic E-state index is 2.57. The van der Waals surface area contributed by atoms with Crippen molar-refractivity contribution in [2.24, 2.45) is 0 Å². The highest BCUT2D eigenvalue weighted by atomic mass is 32.1. The molecule has 0 bridgehead atoms. The van der Waals surface area contributed by atoms with Gasteiger partial charge >= 0.3 is 0 Å². The molecule has 0 unspecified atom stereocenters. The van der Waals surface area contributed by atoms with E-state index in [9.17, 15) is 0 Å². The molecule has 7 aromatic carbocycles. The molecule has 0 N–H and O–H groups in total.